The minimum absolute atomic E-state index is 0.254. The fraction of sp³-hybridized carbons (Fsp3) is 0. The molecule has 6 nitrogen and oxygen atoms in total. The molecule has 0 aliphatic carbocycles. The van der Waals surface area contributed by atoms with Gasteiger partial charge in [-0.25, -0.2) is 9.97 Å². The van der Waals surface area contributed by atoms with Gasteiger partial charge >= 0.3 is 0 Å². The van der Waals surface area contributed by atoms with Gasteiger partial charge in [0.2, 0.25) is 5.95 Å². The molecule has 0 unspecified atom stereocenters. The highest BCUT2D eigenvalue weighted by Gasteiger charge is 2.07. The molecule has 0 bridgehead atoms. The van der Waals surface area contributed by atoms with E-state index in [1.54, 1.807) is 12.4 Å². The maximum absolute atomic E-state index is 11.4. The first-order valence-corrected chi connectivity index (χ1v) is 3.93. The van der Waals surface area contributed by atoms with Crippen LogP contribution in [0.25, 0.3) is 0 Å². The van der Waals surface area contributed by atoms with Crippen LogP contribution in [0.5, 0.6) is 0 Å². The van der Waals surface area contributed by atoms with Crippen LogP contribution in [-0.2, 0) is 0 Å². The molecule has 0 aliphatic heterocycles. The first kappa shape index (κ1) is 8.36. The number of H-pyrrole nitrogens is 1. The molecule has 2 N–H and O–H groups in total. The van der Waals surface area contributed by atoms with Crippen molar-refractivity contribution in [1.82, 2.24) is 19.9 Å². The van der Waals surface area contributed by atoms with Crippen LogP contribution in [0.4, 0.5) is 5.95 Å². The molecule has 0 spiro atoms. The second-order valence-electron chi connectivity index (χ2n) is 2.48. The summed E-state index contributed by atoms with van der Waals surface area (Å²) in [5.74, 6) is 0.0497. The molecular formula is C8H7N5O. The van der Waals surface area contributed by atoms with E-state index in [2.05, 4.69) is 25.3 Å². The Morgan fingerprint density at radius 2 is 2.21 bits per heavy atom. The molecule has 0 aromatic carbocycles. The molecule has 0 saturated carbocycles. The molecule has 2 heterocycles. The Morgan fingerprint density at radius 3 is 2.86 bits per heavy atom. The molecule has 14 heavy (non-hydrogen) atoms. The Bertz CT molecular complexity index is 411. The van der Waals surface area contributed by atoms with Crippen LogP contribution in [0.1, 0.15) is 10.5 Å². The third-order valence-corrected chi connectivity index (χ3v) is 1.53. The summed E-state index contributed by atoms with van der Waals surface area (Å²) in [6, 6.07) is 0. The number of aromatic nitrogens is 4. The van der Waals surface area contributed by atoms with E-state index in [9.17, 15) is 4.79 Å². The topological polar surface area (TPSA) is 83.6 Å². The van der Waals surface area contributed by atoms with Crippen LogP contribution >= 0.6 is 0 Å². The van der Waals surface area contributed by atoms with E-state index in [1.807, 2.05) is 0 Å². The third kappa shape index (κ3) is 1.74. The summed E-state index contributed by atoms with van der Waals surface area (Å²) in [4.78, 5) is 25.7. The van der Waals surface area contributed by atoms with Crippen LogP contribution in [0.3, 0.4) is 0 Å². The summed E-state index contributed by atoms with van der Waals surface area (Å²) in [6.45, 7) is 0. The maximum Gasteiger partial charge on any atom is 0.278 e. The Kier molecular flexibility index (Phi) is 2.18. The Balaban J connectivity index is 2.11. The lowest BCUT2D eigenvalue weighted by molar-refractivity contribution is 0.102. The number of aromatic amines is 1. The van der Waals surface area contributed by atoms with E-state index in [0.717, 1.165) is 0 Å². The van der Waals surface area contributed by atoms with Gasteiger partial charge in [-0.1, -0.05) is 0 Å². The fourth-order valence-electron chi connectivity index (χ4n) is 0.922. The molecule has 0 fully saturated rings. The van der Waals surface area contributed by atoms with Gasteiger partial charge in [-0.2, -0.15) is 0 Å². The highest BCUT2D eigenvalue weighted by atomic mass is 16.2. The summed E-state index contributed by atoms with van der Waals surface area (Å²) < 4.78 is 0. The quantitative estimate of drug-likeness (QED) is 0.718. The van der Waals surface area contributed by atoms with Crippen LogP contribution in [-0.4, -0.2) is 25.8 Å². The maximum atomic E-state index is 11.4. The Labute approximate surface area is 79.4 Å². The van der Waals surface area contributed by atoms with Crippen molar-refractivity contribution in [3.05, 3.63) is 36.7 Å². The predicted molar refractivity (Wildman–Crippen MR) is 48.6 cm³/mol. The van der Waals surface area contributed by atoms with Crippen molar-refractivity contribution < 1.29 is 4.79 Å². The molecule has 0 atom stereocenters. The van der Waals surface area contributed by atoms with Gasteiger partial charge in [0.05, 0.1) is 6.20 Å². The summed E-state index contributed by atoms with van der Waals surface area (Å²) in [5, 5.41) is 2.53. The zero-order valence-corrected chi connectivity index (χ0v) is 7.14. The van der Waals surface area contributed by atoms with Gasteiger partial charge in [0.1, 0.15) is 5.69 Å². The summed E-state index contributed by atoms with van der Waals surface area (Å²) in [6.07, 6.45) is 7.51. The third-order valence-electron chi connectivity index (χ3n) is 1.53. The molecule has 2 rings (SSSR count). The molecule has 1 amide bonds. The summed E-state index contributed by atoms with van der Waals surface area (Å²) in [5.41, 5.74) is 0.254. The van der Waals surface area contributed by atoms with Crippen molar-refractivity contribution in [1.29, 1.82) is 0 Å². The van der Waals surface area contributed by atoms with Gasteiger partial charge in [-0.3, -0.25) is 15.1 Å². The second-order valence-corrected chi connectivity index (χ2v) is 2.48. The first-order chi connectivity index (χ1) is 6.86. The number of carbonyl (C=O) groups is 1. The Hall–Kier alpha value is -2.24. The van der Waals surface area contributed by atoms with E-state index in [1.165, 1.54) is 18.6 Å². The van der Waals surface area contributed by atoms with Crippen LogP contribution in [0.2, 0.25) is 0 Å². The highest BCUT2D eigenvalue weighted by molar-refractivity contribution is 6.01. The minimum atomic E-state index is -0.340. The second kappa shape index (κ2) is 3.65. The van der Waals surface area contributed by atoms with Gasteiger partial charge in [-0.15, -0.1) is 0 Å². The smallest absolute Gasteiger partial charge is 0.278 e. The number of nitrogens with zero attached hydrogens (tertiary/aromatic N) is 3. The normalized spacial score (nSPS) is 9.71. The number of imidazole rings is 1. The zero-order valence-electron chi connectivity index (χ0n) is 7.14. The molecule has 2 aromatic heterocycles. The number of hydrogen-bond donors (Lipinski definition) is 2. The summed E-state index contributed by atoms with van der Waals surface area (Å²) >= 11 is 0. The van der Waals surface area contributed by atoms with Crippen molar-refractivity contribution in [3.8, 4) is 0 Å². The largest absolute Gasteiger partial charge is 0.331 e. The van der Waals surface area contributed by atoms with Crippen LogP contribution < -0.4 is 5.32 Å². The lowest BCUT2D eigenvalue weighted by atomic mass is 10.4. The number of carbonyl (C=O) groups excluding carboxylic acids is 1. The highest BCUT2D eigenvalue weighted by Crippen LogP contribution is 1.98. The van der Waals surface area contributed by atoms with Gasteiger partial charge < -0.3 is 4.98 Å². The van der Waals surface area contributed by atoms with Crippen molar-refractivity contribution in [2.45, 2.75) is 0 Å². The predicted octanol–water partition coefficient (Wildman–Crippen LogP) is 0.452. The average Bonchev–Trinajstić information content (AvgIpc) is 2.72. The van der Waals surface area contributed by atoms with E-state index in [0.29, 0.717) is 5.95 Å². The fourth-order valence-corrected chi connectivity index (χ4v) is 0.922. The van der Waals surface area contributed by atoms with E-state index < -0.39 is 0 Å². The van der Waals surface area contributed by atoms with Gasteiger partial charge in [0.25, 0.3) is 5.91 Å². The minimum Gasteiger partial charge on any atom is -0.331 e. The molecule has 0 aliphatic rings. The molecule has 6 heteroatoms. The lowest BCUT2D eigenvalue weighted by Gasteiger charge is -1.98. The summed E-state index contributed by atoms with van der Waals surface area (Å²) in [7, 11) is 0. The molecule has 0 radical (unpaired) electrons. The number of nitrogens with one attached hydrogen (secondary N) is 2. The molecule has 0 saturated heterocycles. The van der Waals surface area contributed by atoms with Crippen molar-refractivity contribution in [2.75, 3.05) is 5.32 Å². The van der Waals surface area contributed by atoms with E-state index in [-0.39, 0.29) is 11.6 Å². The molecular weight excluding hydrogens is 182 g/mol. The molecule has 70 valence electrons. The van der Waals surface area contributed by atoms with Gasteiger partial charge in [0, 0.05) is 24.8 Å². The number of hydrogen-bond acceptors (Lipinski definition) is 4. The van der Waals surface area contributed by atoms with E-state index in [4.69, 9.17) is 0 Å². The van der Waals surface area contributed by atoms with Crippen LogP contribution in [0, 0.1) is 0 Å². The first-order valence-electron chi connectivity index (χ1n) is 3.93. The zero-order chi connectivity index (χ0) is 9.80. The number of rotatable bonds is 2. The number of anilines is 1. The standard InChI is InChI=1S/C8H7N5O/c14-7(6-5-9-1-2-10-6)13-8-11-3-4-12-8/h1-5H,(H2,11,12,13,14). The van der Waals surface area contributed by atoms with Gasteiger partial charge in [-0.05, 0) is 0 Å². The Morgan fingerprint density at radius 1 is 1.29 bits per heavy atom. The number of amides is 1. The van der Waals surface area contributed by atoms with Crippen molar-refractivity contribution in [2.24, 2.45) is 0 Å². The molecule has 2 aromatic rings. The van der Waals surface area contributed by atoms with Crippen LogP contribution in [0.15, 0.2) is 31.0 Å². The van der Waals surface area contributed by atoms with Crippen molar-refractivity contribution in [3.63, 3.8) is 0 Å². The van der Waals surface area contributed by atoms with Gasteiger partial charge in [0.15, 0.2) is 0 Å². The van der Waals surface area contributed by atoms with E-state index >= 15 is 0 Å². The monoisotopic (exact) mass is 189 g/mol. The van der Waals surface area contributed by atoms with Crippen molar-refractivity contribution >= 4 is 11.9 Å². The lowest BCUT2D eigenvalue weighted by Crippen LogP contribution is -2.14. The SMILES string of the molecule is O=C(Nc1ncc[nH]1)c1cnccn1. The average molecular weight is 189 g/mol.